The highest BCUT2D eigenvalue weighted by molar-refractivity contribution is 7.13. The maximum Gasteiger partial charge on any atom is 0.275 e. The van der Waals surface area contributed by atoms with Crippen molar-refractivity contribution in [1.82, 2.24) is 20.4 Å². The Morgan fingerprint density at radius 1 is 1.52 bits per heavy atom. The van der Waals surface area contributed by atoms with Gasteiger partial charge in [0.05, 0.1) is 10.6 Å². The van der Waals surface area contributed by atoms with Gasteiger partial charge < -0.3 is 10.2 Å². The zero-order chi connectivity index (χ0) is 16.2. The summed E-state index contributed by atoms with van der Waals surface area (Å²) in [6, 6.07) is 5.30. The number of carbonyl (C=O) groups excluding carboxylic acids is 2. The van der Waals surface area contributed by atoms with Crippen molar-refractivity contribution in [2.75, 3.05) is 13.1 Å². The average molecular weight is 332 g/mol. The van der Waals surface area contributed by atoms with Gasteiger partial charge in [-0.05, 0) is 23.9 Å². The van der Waals surface area contributed by atoms with Crippen LogP contribution in [-0.4, -0.2) is 46.0 Å². The number of piperazine rings is 1. The Morgan fingerprint density at radius 3 is 3.13 bits per heavy atom. The van der Waals surface area contributed by atoms with Gasteiger partial charge in [-0.25, -0.2) is 0 Å². The summed E-state index contributed by atoms with van der Waals surface area (Å²) in [5.41, 5.74) is 1.19. The van der Waals surface area contributed by atoms with Gasteiger partial charge in [-0.15, -0.1) is 11.3 Å². The summed E-state index contributed by atoms with van der Waals surface area (Å²) in [5.74, 6) is -0.243. The first-order valence-electron chi connectivity index (χ1n) is 7.88. The molecule has 2 N–H and O–H groups in total. The molecule has 122 valence electrons. The molecule has 0 unspecified atom stereocenters. The second-order valence-corrected chi connectivity index (χ2v) is 6.54. The molecule has 23 heavy (non-hydrogen) atoms. The molecule has 2 aromatic rings. The molecule has 0 bridgehead atoms. The van der Waals surface area contributed by atoms with E-state index in [1.807, 2.05) is 17.5 Å². The Kier molecular flexibility index (Phi) is 4.76. The smallest absolute Gasteiger partial charge is 0.275 e. The van der Waals surface area contributed by atoms with Gasteiger partial charge >= 0.3 is 0 Å². The quantitative estimate of drug-likeness (QED) is 0.881. The van der Waals surface area contributed by atoms with Crippen molar-refractivity contribution in [3.63, 3.8) is 0 Å². The van der Waals surface area contributed by atoms with Crippen molar-refractivity contribution in [1.29, 1.82) is 0 Å². The number of aromatic nitrogens is 2. The number of carbonyl (C=O) groups is 2. The highest BCUT2D eigenvalue weighted by Crippen LogP contribution is 2.24. The normalized spacial score (nSPS) is 18.0. The number of nitrogens with one attached hydrogen (secondary N) is 2. The van der Waals surface area contributed by atoms with E-state index < -0.39 is 6.04 Å². The highest BCUT2D eigenvalue weighted by atomic mass is 32.1. The maximum atomic E-state index is 12.8. The van der Waals surface area contributed by atoms with Crippen LogP contribution in [0.1, 0.15) is 36.7 Å². The predicted molar refractivity (Wildman–Crippen MR) is 89.3 cm³/mol. The number of H-pyrrole nitrogens is 1. The molecule has 1 atom stereocenters. The lowest BCUT2D eigenvalue weighted by atomic mass is 10.0. The summed E-state index contributed by atoms with van der Waals surface area (Å²) >= 11 is 1.59. The number of amides is 2. The van der Waals surface area contributed by atoms with E-state index in [2.05, 4.69) is 22.4 Å². The summed E-state index contributed by atoms with van der Waals surface area (Å²) in [6.07, 6.45) is 2.61. The summed E-state index contributed by atoms with van der Waals surface area (Å²) in [7, 11) is 0. The molecule has 0 spiro atoms. The lowest BCUT2D eigenvalue weighted by Crippen LogP contribution is -2.57. The number of nitrogens with zero attached hydrogens (tertiary/aromatic N) is 2. The number of hydrogen-bond acceptors (Lipinski definition) is 4. The molecule has 3 rings (SSSR count). The van der Waals surface area contributed by atoms with Crippen LogP contribution in [0.15, 0.2) is 23.6 Å². The second kappa shape index (κ2) is 6.95. The Labute approximate surface area is 138 Å². The zero-order valence-corrected chi connectivity index (χ0v) is 13.9. The zero-order valence-electron chi connectivity index (χ0n) is 13.0. The van der Waals surface area contributed by atoms with Crippen LogP contribution < -0.4 is 5.32 Å². The van der Waals surface area contributed by atoms with Crippen LogP contribution >= 0.6 is 11.3 Å². The van der Waals surface area contributed by atoms with E-state index in [1.165, 1.54) is 0 Å². The van der Waals surface area contributed by atoms with E-state index in [4.69, 9.17) is 0 Å². The Morgan fingerprint density at radius 2 is 2.39 bits per heavy atom. The van der Waals surface area contributed by atoms with E-state index >= 15 is 0 Å². The fourth-order valence-electron chi connectivity index (χ4n) is 2.78. The standard InChI is InChI=1S/C16H20N4O2S/c1-2-3-5-13-15(21)17-7-8-20(13)16(22)12-10-11(18-19-12)14-6-4-9-23-14/h4,6,9-10,13H,2-3,5,7-8H2,1H3,(H,17,21)(H,18,19)/t13-/m1/s1. The topological polar surface area (TPSA) is 78.1 Å². The van der Waals surface area contributed by atoms with Crippen molar-refractivity contribution >= 4 is 23.2 Å². The lowest BCUT2D eigenvalue weighted by Gasteiger charge is -2.34. The molecule has 2 aromatic heterocycles. The van der Waals surface area contributed by atoms with Crippen LogP contribution in [0.2, 0.25) is 0 Å². The second-order valence-electron chi connectivity index (χ2n) is 5.59. The van der Waals surface area contributed by atoms with Crippen LogP contribution in [0.3, 0.4) is 0 Å². The van der Waals surface area contributed by atoms with Crippen molar-refractivity contribution < 1.29 is 9.59 Å². The van der Waals surface area contributed by atoms with Crippen molar-refractivity contribution in [3.8, 4) is 10.6 Å². The van der Waals surface area contributed by atoms with Gasteiger partial charge in [0.25, 0.3) is 5.91 Å². The van der Waals surface area contributed by atoms with Crippen LogP contribution in [0.4, 0.5) is 0 Å². The molecular weight excluding hydrogens is 312 g/mol. The fourth-order valence-corrected chi connectivity index (χ4v) is 3.47. The molecule has 2 amide bonds. The Bertz CT molecular complexity index is 680. The Balaban J connectivity index is 1.79. The molecular formula is C16H20N4O2S. The SMILES string of the molecule is CCCC[C@@H]1C(=O)NCCN1C(=O)c1cc(-c2cccs2)[nH]n1. The van der Waals surface area contributed by atoms with Gasteiger partial charge in [0.1, 0.15) is 6.04 Å². The minimum Gasteiger partial charge on any atom is -0.353 e. The summed E-state index contributed by atoms with van der Waals surface area (Å²) in [4.78, 5) is 27.6. The largest absolute Gasteiger partial charge is 0.353 e. The molecule has 1 aliphatic rings. The first-order valence-corrected chi connectivity index (χ1v) is 8.76. The molecule has 6 nitrogen and oxygen atoms in total. The third kappa shape index (κ3) is 3.29. The van der Waals surface area contributed by atoms with Gasteiger partial charge in [-0.3, -0.25) is 14.7 Å². The number of aromatic amines is 1. The van der Waals surface area contributed by atoms with E-state index in [1.54, 1.807) is 22.3 Å². The molecule has 0 aromatic carbocycles. The van der Waals surface area contributed by atoms with Crippen molar-refractivity contribution in [2.24, 2.45) is 0 Å². The third-order valence-corrected chi connectivity index (χ3v) is 4.91. The average Bonchev–Trinajstić information content (AvgIpc) is 3.23. The van der Waals surface area contributed by atoms with E-state index in [0.717, 1.165) is 23.4 Å². The van der Waals surface area contributed by atoms with Crippen LogP contribution in [0, 0.1) is 0 Å². The van der Waals surface area contributed by atoms with Crippen LogP contribution in [0.25, 0.3) is 10.6 Å². The number of rotatable bonds is 5. The van der Waals surface area contributed by atoms with E-state index in [9.17, 15) is 9.59 Å². The number of unbranched alkanes of at least 4 members (excludes halogenated alkanes) is 1. The summed E-state index contributed by atoms with van der Waals surface area (Å²) in [6.45, 7) is 3.10. The van der Waals surface area contributed by atoms with E-state index in [-0.39, 0.29) is 11.8 Å². The Hall–Kier alpha value is -2.15. The summed E-state index contributed by atoms with van der Waals surface area (Å²) in [5, 5.41) is 11.9. The molecule has 1 fully saturated rings. The van der Waals surface area contributed by atoms with Crippen molar-refractivity contribution in [2.45, 2.75) is 32.2 Å². The molecule has 1 saturated heterocycles. The lowest BCUT2D eigenvalue weighted by molar-refractivity contribution is -0.128. The first kappa shape index (κ1) is 15.7. The van der Waals surface area contributed by atoms with Gasteiger partial charge in [-0.2, -0.15) is 5.10 Å². The molecule has 1 aliphatic heterocycles. The first-order chi connectivity index (χ1) is 11.2. The van der Waals surface area contributed by atoms with Gasteiger partial charge in [0.2, 0.25) is 5.91 Å². The van der Waals surface area contributed by atoms with Crippen LogP contribution in [-0.2, 0) is 4.79 Å². The van der Waals surface area contributed by atoms with E-state index in [0.29, 0.717) is 25.2 Å². The monoisotopic (exact) mass is 332 g/mol. The van der Waals surface area contributed by atoms with Gasteiger partial charge in [0.15, 0.2) is 5.69 Å². The summed E-state index contributed by atoms with van der Waals surface area (Å²) < 4.78 is 0. The van der Waals surface area contributed by atoms with Gasteiger partial charge in [0, 0.05) is 13.1 Å². The molecule has 0 radical (unpaired) electrons. The highest BCUT2D eigenvalue weighted by Gasteiger charge is 2.33. The maximum absolute atomic E-state index is 12.8. The van der Waals surface area contributed by atoms with Crippen LogP contribution in [0.5, 0.6) is 0 Å². The third-order valence-electron chi connectivity index (χ3n) is 4.01. The molecule has 3 heterocycles. The minimum absolute atomic E-state index is 0.0629. The fraction of sp³-hybridized carbons (Fsp3) is 0.438. The predicted octanol–water partition coefficient (Wildman–Crippen LogP) is 2.27. The van der Waals surface area contributed by atoms with Gasteiger partial charge in [-0.1, -0.05) is 25.8 Å². The van der Waals surface area contributed by atoms with Crippen molar-refractivity contribution in [3.05, 3.63) is 29.3 Å². The number of thiophene rings is 1. The number of hydrogen-bond donors (Lipinski definition) is 2. The molecule has 7 heteroatoms. The molecule has 0 aliphatic carbocycles. The molecule has 0 saturated carbocycles. The minimum atomic E-state index is -0.391.